The number of carbonyl (C=O) groups is 1. The number of nitrogens with one attached hydrogen (secondary N) is 1. The number of para-hydroxylation sites is 1. The van der Waals surface area contributed by atoms with Crippen molar-refractivity contribution >= 4 is 24.9 Å². The van der Waals surface area contributed by atoms with Crippen LogP contribution in [0.15, 0.2) is 24.3 Å². The van der Waals surface area contributed by atoms with E-state index in [9.17, 15) is 9.18 Å². The van der Waals surface area contributed by atoms with Crippen LogP contribution in [0.1, 0.15) is 16.1 Å². The van der Waals surface area contributed by atoms with Gasteiger partial charge < -0.3 is 5.32 Å². The summed E-state index contributed by atoms with van der Waals surface area (Å²) >= 11 is 0. The Kier molecular flexibility index (Phi) is 3.18. The average molecular weight is 243 g/mol. The molecule has 4 nitrogen and oxygen atoms in total. The minimum absolute atomic E-state index is 0.0687. The first-order valence-electron chi connectivity index (χ1n) is 5.35. The summed E-state index contributed by atoms with van der Waals surface area (Å²) in [5.41, 5.74) is 1.14. The highest BCUT2D eigenvalue weighted by atomic mass is 19.1. The molecule has 0 saturated heterocycles. The largest absolute Gasteiger partial charge is 0.322 e. The lowest BCUT2D eigenvalue weighted by Gasteiger charge is -2.07. The molecule has 0 aliphatic heterocycles. The summed E-state index contributed by atoms with van der Waals surface area (Å²) in [5, 5.41) is 6.41. The topological polar surface area (TPSA) is 46.9 Å². The highest BCUT2D eigenvalue weighted by Gasteiger charge is 2.20. The quantitative estimate of drug-likeness (QED) is 0.797. The minimum atomic E-state index is -0.667. The fourth-order valence-corrected chi connectivity index (χ4v) is 1.68. The Bertz CT molecular complexity index is 609. The summed E-state index contributed by atoms with van der Waals surface area (Å²) < 4.78 is 14.7. The molecule has 1 aromatic heterocycles. The predicted molar refractivity (Wildman–Crippen MR) is 67.7 cm³/mol. The fourth-order valence-electron chi connectivity index (χ4n) is 1.68. The van der Waals surface area contributed by atoms with Crippen molar-refractivity contribution in [3.8, 4) is 0 Å². The van der Waals surface area contributed by atoms with Crippen LogP contribution >= 0.6 is 0 Å². The van der Waals surface area contributed by atoms with Crippen molar-refractivity contribution in [2.75, 3.05) is 5.32 Å². The predicted octanol–water partition coefficient (Wildman–Crippen LogP) is 0.914. The van der Waals surface area contributed by atoms with Crippen molar-refractivity contribution < 1.29 is 9.18 Å². The molecule has 0 spiro atoms. The molecular formula is C12H11BFN3O. The highest BCUT2D eigenvalue weighted by molar-refractivity contribution is 6.36. The van der Waals surface area contributed by atoms with Crippen molar-refractivity contribution in [3.63, 3.8) is 0 Å². The molecule has 2 radical (unpaired) electrons. The van der Waals surface area contributed by atoms with E-state index in [2.05, 4.69) is 10.4 Å². The van der Waals surface area contributed by atoms with E-state index >= 15 is 0 Å². The minimum Gasteiger partial charge on any atom is -0.322 e. The van der Waals surface area contributed by atoms with Gasteiger partial charge in [0.05, 0.1) is 5.69 Å². The third kappa shape index (κ3) is 2.14. The van der Waals surface area contributed by atoms with E-state index in [0.717, 1.165) is 4.68 Å². The number of hydrogen-bond acceptors (Lipinski definition) is 2. The molecule has 1 aromatic carbocycles. The third-order valence-corrected chi connectivity index (χ3v) is 2.59. The molecule has 0 atom stereocenters. The van der Waals surface area contributed by atoms with Crippen LogP contribution in [0.3, 0.4) is 0 Å². The zero-order valence-corrected chi connectivity index (χ0v) is 10.1. The van der Waals surface area contributed by atoms with Crippen molar-refractivity contribution in [3.05, 3.63) is 41.5 Å². The number of anilines is 1. The number of aryl methyl sites for hydroxylation is 2. The number of aromatic nitrogens is 2. The summed E-state index contributed by atoms with van der Waals surface area (Å²) in [5.74, 6) is -1.23. The zero-order valence-electron chi connectivity index (χ0n) is 10.1. The van der Waals surface area contributed by atoms with Crippen LogP contribution in [0, 0.1) is 12.9 Å². The van der Waals surface area contributed by atoms with Crippen LogP contribution in [0.4, 0.5) is 10.1 Å². The van der Waals surface area contributed by atoms with Crippen molar-refractivity contribution in [2.45, 2.75) is 6.92 Å². The lowest BCUT2D eigenvalue weighted by molar-refractivity contribution is 0.102. The molecule has 0 aliphatic rings. The van der Waals surface area contributed by atoms with Gasteiger partial charge in [0.15, 0.2) is 0 Å². The van der Waals surface area contributed by atoms with Gasteiger partial charge >= 0.3 is 0 Å². The first-order valence-corrected chi connectivity index (χ1v) is 5.35. The smallest absolute Gasteiger partial charge is 0.262 e. The summed E-state index contributed by atoms with van der Waals surface area (Å²) in [6, 6.07) is 6.79. The van der Waals surface area contributed by atoms with E-state index in [-0.39, 0.29) is 5.56 Å². The van der Waals surface area contributed by atoms with E-state index < -0.39 is 11.9 Å². The molecule has 0 fully saturated rings. The van der Waals surface area contributed by atoms with Gasteiger partial charge in [0.2, 0.25) is 5.95 Å². The van der Waals surface area contributed by atoms with Gasteiger partial charge in [0.1, 0.15) is 13.4 Å². The fraction of sp³-hybridized carbons (Fsp3) is 0.167. The normalized spacial score (nSPS) is 10.4. The molecule has 1 amide bonds. The van der Waals surface area contributed by atoms with Gasteiger partial charge in [-0.15, -0.1) is 0 Å². The molecule has 1 N–H and O–H groups in total. The lowest BCUT2D eigenvalue weighted by atomic mass is 9.94. The van der Waals surface area contributed by atoms with Crippen LogP contribution in [-0.4, -0.2) is 23.5 Å². The molecular weight excluding hydrogens is 232 g/mol. The van der Waals surface area contributed by atoms with Crippen LogP contribution < -0.4 is 10.8 Å². The number of carbonyl (C=O) groups excluding carboxylic acids is 1. The second-order valence-electron chi connectivity index (χ2n) is 3.92. The SMILES string of the molecule is [B]c1ccccc1NC(=O)c1c(C)nn(C)c1F. The molecule has 0 bridgehead atoms. The highest BCUT2D eigenvalue weighted by Crippen LogP contribution is 2.13. The van der Waals surface area contributed by atoms with Crippen LogP contribution in [0.25, 0.3) is 0 Å². The Morgan fingerprint density at radius 2 is 2.11 bits per heavy atom. The summed E-state index contributed by atoms with van der Waals surface area (Å²) in [4.78, 5) is 12.0. The van der Waals surface area contributed by atoms with Crippen molar-refractivity contribution in [1.82, 2.24) is 9.78 Å². The molecule has 2 rings (SSSR count). The second-order valence-corrected chi connectivity index (χ2v) is 3.92. The number of amides is 1. The summed E-state index contributed by atoms with van der Waals surface area (Å²) in [6.45, 7) is 1.58. The van der Waals surface area contributed by atoms with Crippen molar-refractivity contribution in [1.29, 1.82) is 0 Å². The van der Waals surface area contributed by atoms with E-state index in [1.165, 1.54) is 7.05 Å². The maximum atomic E-state index is 13.7. The van der Waals surface area contributed by atoms with Crippen LogP contribution in [-0.2, 0) is 7.05 Å². The van der Waals surface area contributed by atoms with Crippen LogP contribution in [0.5, 0.6) is 0 Å². The maximum Gasteiger partial charge on any atom is 0.262 e. The second kappa shape index (κ2) is 4.64. The maximum absolute atomic E-state index is 13.7. The Labute approximate surface area is 105 Å². The molecule has 2 aromatic rings. The Hall–Kier alpha value is -2.11. The third-order valence-electron chi connectivity index (χ3n) is 2.59. The zero-order chi connectivity index (χ0) is 13.3. The molecule has 6 heteroatoms. The Morgan fingerprint density at radius 3 is 2.67 bits per heavy atom. The average Bonchev–Trinajstić information content (AvgIpc) is 2.56. The monoisotopic (exact) mass is 243 g/mol. The number of benzene rings is 1. The lowest BCUT2D eigenvalue weighted by Crippen LogP contribution is -2.19. The summed E-state index contributed by atoms with van der Waals surface area (Å²) in [6.07, 6.45) is 0. The van der Waals surface area contributed by atoms with Crippen LogP contribution in [0.2, 0.25) is 0 Å². The van der Waals surface area contributed by atoms with E-state index in [4.69, 9.17) is 7.85 Å². The number of rotatable bonds is 2. The van der Waals surface area contributed by atoms with Gasteiger partial charge in [0, 0.05) is 12.7 Å². The van der Waals surface area contributed by atoms with Gasteiger partial charge in [-0.2, -0.15) is 9.49 Å². The standard InChI is InChI=1S/C12H11BFN3O/c1-7-10(11(14)17(2)16-7)12(18)15-9-6-4-3-5-8(9)13/h3-6H,1-2H3,(H,15,18). The van der Waals surface area contributed by atoms with Gasteiger partial charge in [-0.05, 0) is 13.0 Å². The number of hydrogen-bond donors (Lipinski definition) is 1. The molecule has 0 aliphatic carbocycles. The first kappa shape index (κ1) is 12.4. The molecule has 0 unspecified atom stereocenters. The number of nitrogens with zero attached hydrogens (tertiary/aromatic N) is 2. The first-order chi connectivity index (χ1) is 8.50. The summed E-state index contributed by atoms with van der Waals surface area (Å²) in [7, 11) is 7.14. The molecule has 18 heavy (non-hydrogen) atoms. The van der Waals surface area contributed by atoms with E-state index in [1.54, 1.807) is 31.2 Å². The molecule has 1 heterocycles. The van der Waals surface area contributed by atoms with Gasteiger partial charge in [-0.25, -0.2) is 4.68 Å². The molecule has 0 saturated carbocycles. The van der Waals surface area contributed by atoms with E-state index in [1.807, 2.05) is 0 Å². The molecule has 90 valence electrons. The van der Waals surface area contributed by atoms with Gasteiger partial charge in [-0.3, -0.25) is 4.79 Å². The van der Waals surface area contributed by atoms with Gasteiger partial charge in [-0.1, -0.05) is 23.7 Å². The Morgan fingerprint density at radius 1 is 1.44 bits per heavy atom. The van der Waals surface area contributed by atoms with E-state index in [0.29, 0.717) is 16.8 Å². The number of halogens is 1. The van der Waals surface area contributed by atoms with Crippen molar-refractivity contribution in [2.24, 2.45) is 7.05 Å². The Balaban J connectivity index is 2.31. The van der Waals surface area contributed by atoms with Gasteiger partial charge in [0.25, 0.3) is 5.91 Å².